The number of para-hydroxylation sites is 1. The number of aromatic nitrogens is 3. The van der Waals surface area contributed by atoms with E-state index in [-0.39, 0.29) is 6.54 Å². The molecule has 2 aromatic carbocycles. The number of fused-ring (bicyclic) bond motifs is 1. The van der Waals surface area contributed by atoms with Gasteiger partial charge in [0, 0.05) is 17.7 Å². The second-order valence-electron chi connectivity index (χ2n) is 6.66. The lowest BCUT2D eigenvalue weighted by atomic mass is 10.1. The molecule has 0 unspecified atom stereocenters. The molecule has 0 bridgehead atoms. The van der Waals surface area contributed by atoms with Gasteiger partial charge in [-0.05, 0) is 29.8 Å². The zero-order chi connectivity index (χ0) is 22.6. The van der Waals surface area contributed by atoms with E-state index in [1.807, 2.05) is 36.4 Å². The van der Waals surface area contributed by atoms with Gasteiger partial charge in [0.15, 0.2) is 4.34 Å². The molecule has 0 radical (unpaired) electrons. The monoisotopic (exact) mass is 475 g/mol. The Kier molecular flexibility index (Phi) is 6.56. The molecule has 0 aliphatic rings. The van der Waals surface area contributed by atoms with E-state index in [2.05, 4.69) is 25.8 Å². The maximum atomic E-state index is 12.8. The fourth-order valence-electron chi connectivity index (χ4n) is 2.82. The standard InChI is InChI=1S/C21H16F3N5OS2/c22-21(23,24)15-6-3-4-13(10-15)11-25-18(30)27-19-28-29-20(32-19)31-12-16-9-8-14-5-1-2-7-17(14)26-16/h1-10H,11-12H2,(H2,25,27,28,30). The second kappa shape index (κ2) is 9.53. The fraction of sp³-hybridized carbons (Fsp3) is 0.143. The first-order valence-electron chi connectivity index (χ1n) is 9.39. The third kappa shape index (κ3) is 5.74. The molecule has 11 heteroatoms. The minimum Gasteiger partial charge on any atom is -0.334 e. The number of thioether (sulfide) groups is 1. The van der Waals surface area contributed by atoms with E-state index in [4.69, 9.17) is 0 Å². The highest BCUT2D eigenvalue weighted by molar-refractivity contribution is 8.00. The Morgan fingerprint density at radius 1 is 1.03 bits per heavy atom. The highest BCUT2D eigenvalue weighted by atomic mass is 32.2. The SMILES string of the molecule is O=C(NCc1cccc(C(F)(F)F)c1)Nc1nnc(SCc2ccc3ccccc3n2)s1. The predicted molar refractivity (Wildman–Crippen MR) is 119 cm³/mol. The molecule has 2 aromatic heterocycles. The Labute approximate surface area is 189 Å². The lowest BCUT2D eigenvalue weighted by Gasteiger charge is -2.09. The zero-order valence-corrected chi connectivity index (χ0v) is 18.0. The Morgan fingerprint density at radius 2 is 1.88 bits per heavy atom. The van der Waals surface area contributed by atoms with Crippen molar-refractivity contribution in [1.29, 1.82) is 0 Å². The van der Waals surface area contributed by atoms with E-state index >= 15 is 0 Å². The van der Waals surface area contributed by atoms with Crippen molar-refractivity contribution in [1.82, 2.24) is 20.5 Å². The summed E-state index contributed by atoms with van der Waals surface area (Å²) in [6.45, 7) is -0.0518. The number of carbonyl (C=O) groups is 1. The molecule has 164 valence electrons. The topological polar surface area (TPSA) is 79.8 Å². The molecule has 0 aliphatic carbocycles. The first-order chi connectivity index (χ1) is 15.4. The van der Waals surface area contributed by atoms with Gasteiger partial charge in [-0.3, -0.25) is 10.3 Å². The molecule has 2 heterocycles. The second-order valence-corrected chi connectivity index (χ2v) is 8.86. The van der Waals surface area contributed by atoms with Crippen LogP contribution in [0.15, 0.2) is 65.0 Å². The van der Waals surface area contributed by atoms with Crippen molar-refractivity contribution in [3.05, 3.63) is 77.5 Å². The lowest BCUT2D eigenvalue weighted by Crippen LogP contribution is -2.28. The van der Waals surface area contributed by atoms with Crippen LogP contribution in [-0.2, 0) is 18.5 Å². The van der Waals surface area contributed by atoms with Gasteiger partial charge in [-0.25, -0.2) is 4.79 Å². The molecule has 2 amide bonds. The number of anilines is 1. The van der Waals surface area contributed by atoms with E-state index < -0.39 is 17.8 Å². The summed E-state index contributed by atoms with van der Waals surface area (Å²) in [5.41, 5.74) is 1.40. The van der Waals surface area contributed by atoms with Crippen LogP contribution in [0, 0.1) is 0 Å². The van der Waals surface area contributed by atoms with E-state index in [1.54, 1.807) is 0 Å². The fourth-order valence-corrected chi connectivity index (χ4v) is 4.48. The Bertz CT molecular complexity index is 1250. The molecular weight excluding hydrogens is 459 g/mol. The van der Waals surface area contributed by atoms with Crippen molar-refractivity contribution in [3.63, 3.8) is 0 Å². The summed E-state index contributed by atoms with van der Waals surface area (Å²) in [7, 11) is 0. The van der Waals surface area contributed by atoms with Crippen molar-refractivity contribution in [3.8, 4) is 0 Å². The number of pyridine rings is 1. The molecule has 6 nitrogen and oxygen atoms in total. The molecule has 0 atom stereocenters. The molecular formula is C21H16F3N5OS2. The van der Waals surface area contributed by atoms with Gasteiger partial charge in [0.25, 0.3) is 0 Å². The number of rotatable bonds is 6. The van der Waals surface area contributed by atoms with Crippen molar-refractivity contribution >= 4 is 45.2 Å². The van der Waals surface area contributed by atoms with Crippen LogP contribution in [0.3, 0.4) is 0 Å². The molecule has 2 N–H and O–H groups in total. The lowest BCUT2D eigenvalue weighted by molar-refractivity contribution is -0.137. The molecule has 32 heavy (non-hydrogen) atoms. The van der Waals surface area contributed by atoms with Gasteiger partial charge in [-0.1, -0.05) is 59.5 Å². The van der Waals surface area contributed by atoms with Gasteiger partial charge in [0.2, 0.25) is 5.13 Å². The van der Waals surface area contributed by atoms with E-state index in [0.29, 0.717) is 20.8 Å². The van der Waals surface area contributed by atoms with Crippen LogP contribution < -0.4 is 10.6 Å². The summed E-state index contributed by atoms with van der Waals surface area (Å²) >= 11 is 2.65. The quantitative estimate of drug-likeness (QED) is 0.275. The average molecular weight is 476 g/mol. The Morgan fingerprint density at radius 3 is 2.72 bits per heavy atom. The number of urea groups is 1. The number of alkyl halides is 3. The van der Waals surface area contributed by atoms with Gasteiger partial charge in [0.05, 0.1) is 16.8 Å². The Hall–Kier alpha value is -3.18. The minimum atomic E-state index is -4.43. The normalized spacial score (nSPS) is 11.5. The number of nitrogens with zero attached hydrogens (tertiary/aromatic N) is 3. The molecule has 4 rings (SSSR count). The maximum absolute atomic E-state index is 12.8. The predicted octanol–water partition coefficient (Wildman–Crippen LogP) is 5.72. The molecule has 4 aromatic rings. The number of carbonyl (C=O) groups excluding carboxylic acids is 1. The van der Waals surface area contributed by atoms with Gasteiger partial charge in [0.1, 0.15) is 0 Å². The number of benzene rings is 2. The van der Waals surface area contributed by atoms with E-state index in [9.17, 15) is 18.0 Å². The van der Waals surface area contributed by atoms with Crippen molar-refractivity contribution in [2.24, 2.45) is 0 Å². The first-order valence-corrected chi connectivity index (χ1v) is 11.2. The number of amides is 2. The van der Waals surface area contributed by atoms with Crippen molar-refractivity contribution < 1.29 is 18.0 Å². The highest BCUT2D eigenvalue weighted by Gasteiger charge is 2.30. The summed E-state index contributed by atoms with van der Waals surface area (Å²) in [5, 5.41) is 14.4. The number of hydrogen-bond acceptors (Lipinski definition) is 6. The van der Waals surface area contributed by atoms with Crippen LogP contribution >= 0.6 is 23.1 Å². The molecule has 0 spiro atoms. The van der Waals surface area contributed by atoms with Crippen LogP contribution in [0.2, 0.25) is 0 Å². The summed E-state index contributed by atoms with van der Waals surface area (Å²) in [5.74, 6) is 0.598. The zero-order valence-electron chi connectivity index (χ0n) is 16.4. The van der Waals surface area contributed by atoms with Crippen molar-refractivity contribution in [2.75, 3.05) is 5.32 Å². The summed E-state index contributed by atoms with van der Waals surface area (Å²) in [4.78, 5) is 16.7. The van der Waals surface area contributed by atoms with Gasteiger partial charge in [-0.2, -0.15) is 13.2 Å². The first kappa shape index (κ1) is 22.0. The van der Waals surface area contributed by atoms with Crippen LogP contribution in [0.1, 0.15) is 16.8 Å². The Balaban J connectivity index is 1.28. The molecule has 0 saturated heterocycles. The third-order valence-corrected chi connectivity index (χ3v) is 6.34. The van der Waals surface area contributed by atoms with E-state index in [0.717, 1.165) is 28.7 Å². The van der Waals surface area contributed by atoms with Crippen molar-refractivity contribution in [2.45, 2.75) is 22.8 Å². The largest absolute Gasteiger partial charge is 0.416 e. The number of hydrogen-bond donors (Lipinski definition) is 2. The third-order valence-electron chi connectivity index (χ3n) is 4.33. The van der Waals surface area contributed by atoms with Gasteiger partial charge >= 0.3 is 12.2 Å². The smallest absolute Gasteiger partial charge is 0.334 e. The highest BCUT2D eigenvalue weighted by Crippen LogP contribution is 2.30. The van der Waals surface area contributed by atoms with Crippen LogP contribution in [0.25, 0.3) is 10.9 Å². The molecule has 0 fully saturated rings. The average Bonchev–Trinajstić information content (AvgIpc) is 3.23. The van der Waals surface area contributed by atoms with Gasteiger partial charge < -0.3 is 5.32 Å². The summed E-state index contributed by atoms with van der Waals surface area (Å²) in [6, 6.07) is 16.0. The van der Waals surface area contributed by atoms with E-state index in [1.165, 1.54) is 35.2 Å². The summed E-state index contributed by atoms with van der Waals surface area (Å²) in [6.07, 6.45) is -4.43. The van der Waals surface area contributed by atoms with Gasteiger partial charge in [-0.15, -0.1) is 10.2 Å². The minimum absolute atomic E-state index is 0.0518. The van der Waals surface area contributed by atoms with Crippen LogP contribution in [0.5, 0.6) is 0 Å². The number of nitrogens with one attached hydrogen (secondary N) is 2. The van der Waals surface area contributed by atoms with Crippen LogP contribution in [-0.4, -0.2) is 21.2 Å². The number of halogens is 3. The summed E-state index contributed by atoms with van der Waals surface area (Å²) < 4.78 is 39.0. The van der Waals surface area contributed by atoms with Crippen LogP contribution in [0.4, 0.5) is 23.1 Å². The maximum Gasteiger partial charge on any atom is 0.416 e. The molecule has 0 saturated carbocycles. The molecule has 0 aliphatic heterocycles.